The summed E-state index contributed by atoms with van der Waals surface area (Å²) in [5.41, 5.74) is 0.352. The molecule has 0 spiro atoms. The Kier molecular flexibility index (Phi) is 38.0. The molecule has 45 heavy (non-hydrogen) atoms. The molecule has 0 fully saturated rings. The minimum absolute atomic E-state index is 0. The molecule has 0 aliphatic heterocycles. The van der Waals surface area contributed by atoms with Gasteiger partial charge in [0.2, 0.25) is 0 Å². The summed E-state index contributed by atoms with van der Waals surface area (Å²) in [7, 11) is 14.1. The van der Waals surface area contributed by atoms with Crippen molar-refractivity contribution in [1.29, 1.82) is 0 Å². The van der Waals surface area contributed by atoms with E-state index in [4.69, 9.17) is 9.47 Å². The van der Waals surface area contributed by atoms with Crippen molar-refractivity contribution in [3.8, 4) is 0 Å². The molecule has 4 nitrogen and oxygen atoms in total. The molecule has 0 aromatic rings. The van der Waals surface area contributed by atoms with Gasteiger partial charge < -0.3 is 66.4 Å². The third-order valence-corrected chi connectivity index (χ3v) is 9.26. The highest BCUT2D eigenvalue weighted by Gasteiger charge is 2.31. The molecule has 276 valence electrons. The fourth-order valence-electron chi connectivity index (χ4n) is 6.40. The minimum atomic E-state index is 0. The average Bonchev–Trinajstić information content (AvgIpc) is 2.93. The number of quaternary nitrogens is 2. The SMILES string of the molecule is CCCCCCCCCCCCOCC(CCCCCCCOCCCCCC)(CCC[N+](C)(C)C)CCC[N+](C)(C)C.[I-].[I-]. The predicted molar refractivity (Wildman–Crippen MR) is 192 cm³/mol. The lowest BCUT2D eigenvalue weighted by molar-refractivity contribution is -0.871. The Morgan fingerprint density at radius 2 is 0.689 bits per heavy atom. The zero-order valence-electron chi connectivity index (χ0n) is 32.2. The topological polar surface area (TPSA) is 18.5 Å². The van der Waals surface area contributed by atoms with Crippen LogP contribution in [0.2, 0.25) is 0 Å². The molecule has 0 radical (unpaired) electrons. The largest absolute Gasteiger partial charge is 1.00 e. The zero-order valence-corrected chi connectivity index (χ0v) is 36.5. The van der Waals surface area contributed by atoms with Crippen LogP contribution in [0.15, 0.2) is 0 Å². The van der Waals surface area contributed by atoms with Crippen molar-refractivity contribution in [2.45, 2.75) is 168 Å². The number of rotatable bonds is 34. The van der Waals surface area contributed by atoms with Crippen LogP contribution in [0.25, 0.3) is 0 Å². The molecule has 0 N–H and O–H groups in total. The Hall–Kier alpha value is 1.30. The first kappa shape index (κ1) is 50.7. The number of hydrogen-bond donors (Lipinski definition) is 0. The standard InChI is InChI=1S/C39H84N2O2.2HI/c1-9-11-13-15-16-17-18-19-22-27-37-43-38-39(31-28-33-40(3,4)5,32-29-34-41(6,7)8)30-24-21-20-23-26-36-42-35-25-14-12-10-2;;/h9-38H2,1-8H3;2*1H/q+2;;/p-2. The highest BCUT2D eigenvalue weighted by atomic mass is 127. The quantitative estimate of drug-likeness (QED) is 0.0525. The molecule has 0 aromatic carbocycles. The van der Waals surface area contributed by atoms with Gasteiger partial charge in [0.15, 0.2) is 0 Å². The summed E-state index contributed by atoms with van der Waals surface area (Å²) in [6.07, 6.45) is 32.3. The number of nitrogens with zero attached hydrogens (tertiary/aromatic N) is 2. The summed E-state index contributed by atoms with van der Waals surface area (Å²) in [5, 5.41) is 0. The van der Waals surface area contributed by atoms with E-state index in [0.29, 0.717) is 5.41 Å². The maximum Gasteiger partial charge on any atom is 0.0780 e. The summed E-state index contributed by atoms with van der Waals surface area (Å²) in [4.78, 5) is 0. The van der Waals surface area contributed by atoms with E-state index in [1.54, 1.807) is 0 Å². The van der Waals surface area contributed by atoms with Crippen LogP contribution in [0.3, 0.4) is 0 Å². The van der Waals surface area contributed by atoms with Crippen molar-refractivity contribution >= 4 is 0 Å². The number of hydrogen-bond acceptors (Lipinski definition) is 2. The fourth-order valence-corrected chi connectivity index (χ4v) is 6.40. The Bertz CT molecular complexity index is 528. The van der Waals surface area contributed by atoms with E-state index >= 15 is 0 Å². The van der Waals surface area contributed by atoms with Crippen LogP contribution in [0.4, 0.5) is 0 Å². The average molecular weight is 867 g/mol. The Balaban J connectivity index is -0.00000882. The van der Waals surface area contributed by atoms with E-state index in [2.05, 4.69) is 56.1 Å². The second-order valence-corrected chi connectivity index (χ2v) is 16.2. The maximum atomic E-state index is 6.57. The molecule has 0 bridgehead atoms. The second-order valence-electron chi connectivity index (χ2n) is 16.2. The first-order valence-corrected chi connectivity index (χ1v) is 19.3. The van der Waals surface area contributed by atoms with Crippen molar-refractivity contribution in [3.05, 3.63) is 0 Å². The van der Waals surface area contributed by atoms with Gasteiger partial charge in [0.1, 0.15) is 0 Å². The molecule has 0 aliphatic carbocycles. The highest BCUT2D eigenvalue weighted by Crippen LogP contribution is 2.37. The smallest absolute Gasteiger partial charge is 0.0780 e. The van der Waals surface area contributed by atoms with Crippen LogP contribution in [0.1, 0.15) is 168 Å². The third-order valence-electron chi connectivity index (χ3n) is 9.26. The molecule has 0 saturated heterocycles. The van der Waals surface area contributed by atoms with Gasteiger partial charge in [-0.05, 0) is 56.8 Å². The van der Waals surface area contributed by atoms with Gasteiger partial charge in [-0.1, -0.05) is 117 Å². The summed E-state index contributed by atoms with van der Waals surface area (Å²) >= 11 is 0. The van der Waals surface area contributed by atoms with Crippen LogP contribution >= 0.6 is 0 Å². The van der Waals surface area contributed by atoms with Crippen LogP contribution in [-0.2, 0) is 9.47 Å². The number of ether oxygens (including phenoxy) is 2. The summed E-state index contributed by atoms with van der Waals surface area (Å²) in [6.45, 7) is 10.9. The molecule has 0 saturated carbocycles. The molecule has 0 aromatic heterocycles. The molecule has 0 rings (SSSR count). The fraction of sp³-hybridized carbons (Fsp3) is 1.00. The Labute approximate surface area is 319 Å². The van der Waals surface area contributed by atoms with Gasteiger partial charge in [0.25, 0.3) is 0 Å². The van der Waals surface area contributed by atoms with Crippen LogP contribution in [0, 0.1) is 5.41 Å². The first-order chi connectivity index (χ1) is 20.5. The Morgan fingerprint density at radius 1 is 0.378 bits per heavy atom. The minimum Gasteiger partial charge on any atom is -1.00 e. The lowest BCUT2D eigenvalue weighted by Crippen LogP contribution is -3.00. The van der Waals surface area contributed by atoms with E-state index < -0.39 is 0 Å². The number of unbranched alkanes of at least 4 members (excludes halogenated alkanes) is 16. The van der Waals surface area contributed by atoms with Gasteiger partial charge in [-0.25, -0.2) is 0 Å². The van der Waals surface area contributed by atoms with Gasteiger partial charge in [0.05, 0.1) is 62.0 Å². The highest BCUT2D eigenvalue weighted by molar-refractivity contribution is 4.80. The molecule has 0 aliphatic rings. The molecule has 6 heteroatoms. The van der Waals surface area contributed by atoms with Gasteiger partial charge in [-0.15, -0.1) is 0 Å². The number of halogens is 2. The van der Waals surface area contributed by atoms with E-state index in [1.165, 1.54) is 167 Å². The lowest BCUT2D eigenvalue weighted by atomic mass is 9.75. The predicted octanol–water partition coefficient (Wildman–Crippen LogP) is 4.83. The zero-order chi connectivity index (χ0) is 32.1. The summed E-state index contributed by atoms with van der Waals surface area (Å²) in [6, 6.07) is 0. The van der Waals surface area contributed by atoms with Gasteiger partial charge >= 0.3 is 0 Å². The molecular formula is C39H84I2N2O2. The summed E-state index contributed by atoms with van der Waals surface area (Å²) in [5.74, 6) is 0. The van der Waals surface area contributed by atoms with Crippen molar-refractivity contribution in [1.82, 2.24) is 0 Å². The van der Waals surface area contributed by atoms with Gasteiger partial charge in [0, 0.05) is 19.8 Å². The van der Waals surface area contributed by atoms with Gasteiger partial charge in [-0.3, -0.25) is 0 Å². The Morgan fingerprint density at radius 3 is 1.09 bits per heavy atom. The molecule has 0 unspecified atom stereocenters. The van der Waals surface area contributed by atoms with Crippen molar-refractivity contribution in [2.24, 2.45) is 5.41 Å². The van der Waals surface area contributed by atoms with E-state index in [9.17, 15) is 0 Å². The molecule has 0 atom stereocenters. The van der Waals surface area contributed by atoms with E-state index in [0.717, 1.165) is 35.4 Å². The lowest BCUT2D eigenvalue weighted by Gasteiger charge is -2.36. The summed E-state index contributed by atoms with van der Waals surface area (Å²) < 4.78 is 14.6. The molecule has 0 amide bonds. The van der Waals surface area contributed by atoms with Gasteiger partial charge in [-0.2, -0.15) is 0 Å². The van der Waals surface area contributed by atoms with Crippen molar-refractivity contribution in [2.75, 3.05) is 81.8 Å². The third kappa shape index (κ3) is 38.0. The van der Waals surface area contributed by atoms with Crippen molar-refractivity contribution in [3.63, 3.8) is 0 Å². The normalized spacial score (nSPS) is 12.3. The molecular weight excluding hydrogens is 782 g/mol. The monoisotopic (exact) mass is 866 g/mol. The van der Waals surface area contributed by atoms with Crippen LogP contribution < -0.4 is 48.0 Å². The van der Waals surface area contributed by atoms with Crippen LogP contribution in [-0.4, -0.2) is 90.8 Å². The van der Waals surface area contributed by atoms with E-state index in [-0.39, 0.29) is 48.0 Å². The second kappa shape index (κ2) is 33.8. The van der Waals surface area contributed by atoms with Crippen LogP contribution in [0.5, 0.6) is 0 Å². The first-order valence-electron chi connectivity index (χ1n) is 19.3. The van der Waals surface area contributed by atoms with Crippen molar-refractivity contribution < 1.29 is 66.4 Å². The molecule has 0 heterocycles. The maximum absolute atomic E-state index is 6.57. The van der Waals surface area contributed by atoms with E-state index in [1.807, 2.05) is 0 Å².